The highest BCUT2D eigenvalue weighted by atomic mass is 16.5. The molecule has 0 atom stereocenters. The van der Waals surface area contributed by atoms with Crippen molar-refractivity contribution in [1.29, 1.82) is 0 Å². The number of nitrogen functional groups attached to an aromatic ring is 1. The minimum Gasteiger partial charge on any atom is -0.508 e. The van der Waals surface area contributed by atoms with Crippen molar-refractivity contribution in [2.45, 2.75) is 26.2 Å². The number of hydrogen-bond acceptors (Lipinski definition) is 3. The number of phenols is 1. The summed E-state index contributed by atoms with van der Waals surface area (Å²) in [6, 6.07) is 12.4. The average Bonchev–Trinajstić information content (AvgIpc) is 2.33. The van der Waals surface area contributed by atoms with Crippen molar-refractivity contribution in [2.75, 3.05) is 5.73 Å². The molecule has 0 saturated carbocycles. The Morgan fingerprint density at radius 1 is 1.00 bits per heavy atom. The molecular formula is C16H19NO2. The van der Waals surface area contributed by atoms with Crippen molar-refractivity contribution in [2.24, 2.45) is 0 Å². The molecule has 2 aromatic rings. The molecule has 0 fully saturated rings. The van der Waals surface area contributed by atoms with Gasteiger partial charge >= 0.3 is 0 Å². The number of anilines is 1. The first kappa shape index (κ1) is 13.3. The zero-order valence-corrected chi connectivity index (χ0v) is 11.5. The summed E-state index contributed by atoms with van der Waals surface area (Å²) in [6.45, 7) is 6.24. The van der Waals surface area contributed by atoms with E-state index in [1.807, 2.05) is 12.1 Å². The minimum absolute atomic E-state index is 0.109. The highest BCUT2D eigenvalue weighted by Crippen LogP contribution is 2.36. The van der Waals surface area contributed by atoms with E-state index in [1.165, 1.54) is 0 Å². The Morgan fingerprint density at radius 2 is 1.63 bits per heavy atom. The lowest BCUT2D eigenvalue weighted by molar-refractivity contribution is 0.442. The van der Waals surface area contributed by atoms with E-state index in [0.29, 0.717) is 5.69 Å². The number of nitrogens with two attached hydrogens (primary N) is 1. The summed E-state index contributed by atoms with van der Waals surface area (Å²) >= 11 is 0. The molecule has 100 valence electrons. The highest BCUT2D eigenvalue weighted by Gasteiger charge is 2.20. The van der Waals surface area contributed by atoms with Crippen LogP contribution in [0.2, 0.25) is 0 Å². The van der Waals surface area contributed by atoms with Gasteiger partial charge in [-0.2, -0.15) is 0 Å². The maximum Gasteiger partial charge on any atom is 0.131 e. The molecule has 3 N–H and O–H groups in total. The van der Waals surface area contributed by atoms with Crippen LogP contribution in [-0.4, -0.2) is 5.11 Å². The van der Waals surface area contributed by atoms with Gasteiger partial charge in [0.25, 0.3) is 0 Å². The van der Waals surface area contributed by atoms with Crippen molar-refractivity contribution in [3.05, 3.63) is 48.0 Å². The molecule has 0 aliphatic rings. The Morgan fingerprint density at radius 3 is 2.21 bits per heavy atom. The first-order valence-corrected chi connectivity index (χ1v) is 6.23. The maximum atomic E-state index is 9.63. The lowest BCUT2D eigenvalue weighted by Crippen LogP contribution is -2.12. The molecule has 0 unspecified atom stereocenters. The van der Waals surface area contributed by atoms with Crippen LogP contribution >= 0.6 is 0 Å². The van der Waals surface area contributed by atoms with Gasteiger partial charge in [-0.15, -0.1) is 0 Å². The van der Waals surface area contributed by atoms with Gasteiger partial charge in [0, 0.05) is 11.3 Å². The summed E-state index contributed by atoms with van der Waals surface area (Å²) in [7, 11) is 0. The maximum absolute atomic E-state index is 9.63. The van der Waals surface area contributed by atoms with Crippen molar-refractivity contribution < 1.29 is 9.84 Å². The zero-order chi connectivity index (χ0) is 14.0. The second-order valence-corrected chi connectivity index (χ2v) is 5.60. The molecule has 0 amide bonds. The summed E-state index contributed by atoms with van der Waals surface area (Å²) in [5.74, 6) is 1.72. The molecule has 0 saturated heterocycles. The van der Waals surface area contributed by atoms with E-state index in [4.69, 9.17) is 10.5 Å². The summed E-state index contributed by atoms with van der Waals surface area (Å²) < 4.78 is 5.88. The molecule has 0 aliphatic carbocycles. The van der Waals surface area contributed by atoms with Gasteiger partial charge in [-0.1, -0.05) is 20.8 Å². The molecule has 0 bridgehead atoms. The number of aromatic hydroxyl groups is 1. The van der Waals surface area contributed by atoms with Crippen LogP contribution in [0.3, 0.4) is 0 Å². The SMILES string of the molecule is CC(C)(C)c1cc(O)ccc1Oc1ccc(N)cc1. The first-order valence-electron chi connectivity index (χ1n) is 6.23. The van der Waals surface area contributed by atoms with Gasteiger partial charge in [0.1, 0.15) is 17.2 Å². The fourth-order valence-corrected chi connectivity index (χ4v) is 1.86. The van der Waals surface area contributed by atoms with E-state index in [0.717, 1.165) is 17.1 Å². The quantitative estimate of drug-likeness (QED) is 0.797. The van der Waals surface area contributed by atoms with Gasteiger partial charge in [0.2, 0.25) is 0 Å². The van der Waals surface area contributed by atoms with Crippen LogP contribution < -0.4 is 10.5 Å². The Hall–Kier alpha value is -2.16. The van der Waals surface area contributed by atoms with E-state index < -0.39 is 0 Å². The molecular weight excluding hydrogens is 238 g/mol. The normalized spacial score (nSPS) is 11.3. The number of rotatable bonds is 2. The summed E-state index contributed by atoms with van der Waals surface area (Å²) in [5.41, 5.74) is 7.21. The Balaban J connectivity index is 2.37. The topological polar surface area (TPSA) is 55.5 Å². The molecule has 0 heterocycles. The van der Waals surface area contributed by atoms with Gasteiger partial charge < -0.3 is 15.6 Å². The third kappa shape index (κ3) is 3.19. The Kier molecular flexibility index (Phi) is 3.38. The molecule has 0 radical (unpaired) electrons. The van der Waals surface area contributed by atoms with Crippen LogP contribution in [0.4, 0.5) is 5.69 Å². The van der Waals surface area contributed by atoms with Crippen LogP contribution in [0.1, 0.15) is 26.3 Å². The summed E-state index contributed by atoms with van der Waals surface area (Å²) in [5, 5.41) is 9.63. The number of ether oxygens (including phenoxy) is 1. The zero-order valence-electron chi connectivity index (χ0n) is 11.5. The van der Waals surface area contributed by atoms with Crippen LogP contribution in [0.25, 0.3) is 0 Å². The van der Waals surface area contributed by atoms with Gasteiger partial charge in [-0.3, -0.25) is 0 Å². The lowest BCUT2D eigenvalue weighted by atomic mass is 9.86. The summed E-state index contributed by atoms with van der Waals surface area (Å²) in [6.07, 6.45) is 0. The number of phenolic OH excluding ortho intramolecular Hbond substituents is 1. The molecule has 2 aromatic carbocycles. The lowest BCUT2D eigenvalue weighted by Gasteiger charge is -2.23. The van der Waals surface area contributed by atoms with Gasteiger partial charge in [0.05, 0.1) is 0 Å². The molecule has 3 nitrogen and oxygen atoms in total. The fourth-order valence-electron chi connectivity index (χ4n) is 1.86. The van der Waals surface area contributed by atoms with Gasteiger partial charge in [-0.25, -0.2) is 0 Å². The van der Waals surface area contributed by atoms with Crippen molar-refractivity contribution in [3.8, 4) is 17.2 Å². The van der Waals surface area contributed by atoms with Crippen molar-refractivity contribution in [1.82, 2.24) is 0 Å². The predicted octanol–water partition coefficient (Wildman–Crippen LogP) is 4.06. The predicted molar refractivity (Wildman–Crippen MR) is 77.7 cm³/mol. The third-order valence-electron chi connectivity index (χ3n) is 2.88. The standard InChI is InChI=1S/C16H19NO2/c1-16(2,3)14-10-12(18)6-9-15(14)19-13-7-4-11(17)5-8-13/h4-10,18H,17H2,1-3H3. The first-order chi connectivity index (χ1) is 8.86. The van der Waals surface area contributed by atoms with Crippen molar-refractivity contribution >= 4 is 5.69 Å². The van der Waals surface area contributed by atoms with Crippen LogP contribution in [-0.2, 0) is 5.41 Å². The third-order valence-corrected chi connectivity index (χ3v) is 2.88. The number of hydrogen-bond donors (Lipinski definition) is 2. The van der Waals surface area contributed by atoms with E-state index in [1.54, 1.807) is 30.3 Å². The smallest absolute Gasteiger partial charge is 0.131 e. The van der Waals surface area contributed by atoms with E-state index in [-0.39, 0.29) is 11.2 Å². The van der Waals surface area contributed by atoms with Gasteiger partial charge in [0.15, 0.2) is 0 Å². The monoisotopic (exact) mass is 257 g/mol. The van der Waals surface area contributed by atoms with Crippen LogP contribution in [0.15, 0.2) is 42.5 Å². The van der Waals surface area contributed by atoms with E-state index in [9.17, 15) is 5.11 Å². The highest BCUT2D eigenvalue weighted by molar-refractivity contribution is 5.47. The molecule has 19 heavy (non-hydrogen) atoms. The van der Waals surface area contributed by atoms with Crippen molar-refractivity contribution in [3.63, 3.8) is 0 Å². The minimum atomic E-state index is -0.109. The second-order valence-electron chi connectivity index (χ2n) is 5.60. The van der Waals surface area contributed by atoms with E-state index in [2.05, 4.69) is 20.8 Å². The van der Waals surface area contributed by atoms with Crippen LogP contribution in [0.5, 0.6) is 17.2 Å². The fraction of sp³-hybridized carbons (Fsp3) is 0.250. The van der Waals surface area contributed by atoms with E-state index >= 15 is 0 Å². The molecule has 0 spiro atoms. The molecule has 3 heteroatoms. The average molecular weight is 257 g/mol. The molecule has 2 rings (SSSR count). The number of benzene rings is 2. The molecule has 0 aromatic heterocycles. The second kappa shape index (κ2) is 4.84. The summed E-state index contributed by atoms with van der Waals surface area (Å²) in [4.78, 5) is 0. The Bertz CT molecular complexity index is 568. The molecule has 0 aliphatic heterocycles. The Labute approximate surface area is 113 Å². The van der Waals surface area contributed by atoms with Gasteiger partial charge in [-0.05, 0) is 47.9 Å². The van der Waals surface area contributed by atoms with Crippen LogP contribution in [0, 0.1) is 0 Å². The largest absolute Gasteiger partial charge is 0.508 e.